The molecule has 16 heavy (non-hydrogen) atoms. The number of aromatic nitrogens is 1. The zero-order valence-electron chi connectivity index (χ0n) is 8.88. The number of nitrogens with zero attached hydrogens (tertiary/aromatic N) is 1. The van der Waals surface area contributed by atoms with E-state index in [-0.39, 0.29) is 11.4 Å². The van der Waals surface area contributed by atoms with Crippen molar-refractivity contribution in [2.75, 3.05) is 13.1 Å². The van der Waals surface area contributed by atoms with Gasteiger partial charge in [-0.25, -0.2) is 8.42 Å². The highest BCUT2D eigenvalue weighted by atomic mass is 32.2. The van der Waals surface area contributed by atoms with E-state index in [1.165, 1.54) is 18.5 Å². The van der Waals surface area contributed by atoms with E-state index in [1.54, 1.807) is 6.92 Å². The van der Waals surface area contributed by atoms with Gasteiger partial charge in [0, 0.05) is 18.9 Å². The number of aromatic amines is 1. The molecule has 0 amide bonds. The third-order valence-electron chi connectivity index (χ3n) is 1.99. The predicted octanol–water partition coefficient (Wildman–Crippen LogP) is 0.500. The fourth-order valence-corrected chi connectivity index (χ4v) is 2.76. The van der Waals surface area contributed by atoms with Crippen molar-refractivity contribution in [3.05, 3.63) is 18.5 Å². The minimum absolute atomic E-state index is 0.0854. The van der Waals surface area contributed by atoms with Crippen molar-refractivity contribution in [1.82, 2.24) is 9.29 Å². The molecule has 0 saturated heterocycles. The summed E-state index contributed by atoms with van der Waals surface area (Å²) in [6.45, 7) is 1.47. The maximum atomic E-state index is 12.0. The average Bonchev–Trinajstić information content (AvgIpc) is 2.69. The summed E-state index contributed by atoms with van der Waals surface area (Å²) in [5.41, 5.74) is 0. The van der Waals surface area contributed by atoms with Gasteiger partial charge in [0.05, 0.1) is 4.90 Å². The molecule has 1 aromatic rings. The maximum absolute atomic E-state index is 12.0. The van der Waals surface area contributed by atoms with Crippen LogP contribution in [-0.4, -0.2) is 41.9 Å². The Balaban J connectivity index is 2.97. The summed E-state index contributed by atoms with van der Waals surface area (Å²) in [7, 11) is -3.69. The molecule has 1 rings (SSSR count). The Labute approximate surface area is 93.9 Å². The molecular formula is C9H14N2O4S. The number of rotatable bonds is 6. The van der Waals surface area contributed by atoms with E-state index >= 15 is 0 Å². The second-order valence-corrected chi connectivity index (χ2v) is 5.22. The first-order valence-electron chi connectivity index (χ1n) is 4.83. The lowest BCUT2D eigenvalue weighted by molar-refractivity contribution is -0.137. The first-order chi connectivity index (χ1) is 7.48. The number of carboxylic acid groups (broad SMARTS) is 1. The molecule has 0 fully saturated rings. The molecule has 0 aliphatic carbocycles. The third kappa shape index (κ3) is 2.83. The summed E-state index contributed by atoms with van der Waals surface area (Å²) < 4.78 is 24.9. The fraction of sp³-hybridized carbons (Fsp3) is 0.444. The molecule has 90 valence electrons. The van der Waals surface area contributed by atoms with Crippen LogP contribution in [0.1, 0.15) is 13.3 Å². The fourth-order valence-electron chi connectivity index (χ4n) is 1.30. The van der Waals surface area contributed by atoms with Crippen molar-refractivity contribution >= 4 is 16.0 Å². The van der Waals surface area contributed by atoms with Gasteiger partial charge < -0.3 is 10.1 Å². The molecule has 0 aliphatic heterocycles. The monoisotopic (exact) mass is 246 g/mol. The van der Waals surface area contributed by atoms with Crippen molar-refractivity contribution in [1.29, 1.82) is 0 Å². The van der Waals surface area contributed by atoms with Gasteiger partial charge in [-0.3, -0.25) is 4.79 Å². The number of hydrogen-bond acceptors (Lipinski definition) is 3. The average molecular weight is 246 g/mol. The van der Waals surface area contributed by atoms with Gasteiger partial charge in [0.15, 0.2) is 0 Å². The smallest absolute Gasteiger partial charge is 0.318 e. The molecule has 0 radical (unpaired) electrons. The number of H-pyrrole nitrogens is 1. The van der Waals surface area contributed by atoms with E-state index < -0.39 is 22.5 Å². The molecule has 0 atom stereocenters. The van der Waals surface area contributed by atoms with Crippen LogP contribution in [-0.2, 0) is 14.8 Å². The quantitative estimate of drug-likeness (QED) is 0.764. The molecule has 0 aliphatic rings. The summed E-state index contributed by atoms with van der Waals surface area (Å²) >= 11 is 0. The molecule has 1 aromatic heterocycles. The lowest BCUT2D eigenvalue weighted by atomic mass is 10.5. The molecule has 0 spiro atoms. The Morgan fingerprint density at radius 1 is 1.56 bits per heavy atom. The molecule has 1 heterocycles. The van der Waals surface area contributed by atoms with Crippen LogP contribution in [0.5, 0.6) is 0 Å². The molecule has 0 aromatic carbocycles. The zero-order chi connectivity index (χ0) is 12.2. The lowest BCUT2D eigenvalue weighted by Gasteiger charge is -2.18. The van der Waals surface area contributed by atoms with Crippen LogP contribution in [0.15, 0.2) is 23.4 Å². The van der Waals surface area contributed by atoms with Crippen LogP contribution in [0.2, 0.25) is 0 Å². The van der Waals surface area contributed by atoms with E-state index in [1.807, 2.05) is 0 Å². The second-order valence-electron chi connectivity index (χ2n) is 3.28. The maximum Gasteiger partial charge on any atom is 0.318 e. The number of sulfonamides is 1. The Kier molecular flexibility index (Phi) is 4.08. The molecule has 6 nitrogen and oxygen atoms in total. The molecule has 0 unspecified atom stereocenters. The topological polar surface area (TPSA) is 90.5 Å². The van der Waals surface area contributed by atoms with Gasteiger partial charge in [-0.15, -0.1) is 0 Å². The Morgan fingerprint density at radius 2 is 2.25 bits per heavy atom. The number of nitrogens with one attached hydrogen (secondary N) is 1. The van der Waals surface area contributed by atoms with Crippen molar-refractivity contribution in [3.63, 3.8) is 0 Å². The van der Waals surface area contributed by atoms with Crippen LogP contribution in [0.4, 0.5) is 0 Å². The van der Waals surface area contributed by atoms with Crippen molar-refractivity contribution in [3.8, 4) is 0 Å². The lowest BCUT2D eigenvalue weighted by Crippen LogP contribution is -2.36. The molecular weight excluding hydrogens is 232 g/mol. The Hall–Kier alpha value is -1.34. The normalized spacial score (nSPS) is 11.9. The zero-order valence-corrected chi connectivity index (χ0v) is 9.70. The SMILES string of the molecule is CCCN(CC(=O)O)S(=O)(=O)c1cc[nH]c1. The van der Waals surface area contributed by atoms with Gasteiger partial charge in [0.2, 0.25) is 10.0 Å². The number of carboxylic acids is 1. The van der Waals surface area contributed by atoms with Crippen LogP contribution in [0.3, 0.4) is 0 Å². The number of hydrogen-bond donors (Lipinski definition) is 2. The highest BCUT2D eigenvalue weighted by Crippen LogP contribution is 2.14. The molecule has 0 saturated carbocycles. The summed E-state index contributed by atoms with van der Waals surface area (Å²) in [5, 5.41) is 8.66. The van der Waals surface area contributed by atoms with Crippen molar-refractivity contribution in [2.24, 2.45) is 0 Å². The largest absolute Gasteiger partial charge is 0.480 e. The summed E-state index contributed by atoms with van der Waals surface area (Å²) in [6.07, 6.45) is 3.38. The van der Waals surface area contributed by atoms with E-state index in [0.29, 0.717) is 6.42 Å². The first-order valence-corrected chi connectivity index (χ1v) is 6.27. The van der Waals surface area contributed by atoms with Gasteiger partial charge in [-0.1, -0.05) is 6.92 Å². The minimum Gasteiger partial charge on any atom is -0.480 e. The first kappa shape index (κ1) is 12.7. The predicted molar refractivity (Wildman–Crippen MR) is 57.5 cm³/mol. The summed E-state index contributed by atoms with van der Waals surface area (Å²) in [6, 6.07) is 1.40. The van der Waals surface area contributed by atoms with E-state index in [9.17, 15) is 13.2 Å². The van der Waals surface area contributed by atoms with E-state index in [0.717, 1.165) is 4.31 Å². The van der Waals surface area contributed by atoms with Gasteiger partial charge in [-0.05, 0) is 12.5 Å². The third-order valence-corrected chi connectivity index (χ3v) is 3.83. The number of carbonyl (C=O) groups is 1. The number of aliphatic carboxylic acids is 1. The van der Waals surface area contributed by atoms with Crippen molar-refractivity contribution in [2.45, 2.75) is 18.2 Å². The van der Waals surface area contributed by atoms with Crippen LogP contribution < -0.4 is 0 Å². The summed E-state index contributed by atoms with van der Waals surface area (Å²) in [5.74, 6) is -1.16. The second kappa shape index (κ2) is 5.13. The van der Waals surface area contributed by atoms with E-state index in [4.69, 9.17) is 5.11 Å². The molecule has 2 N–H and O–H groups in total. The van der Waals surface area contributed by atoms with Crippen molar-refractivity contribution < 1.29 is 18.3 Å². The minimum atomic E-state index is -3.69. The molecule has 0 bridgehead atoms. The molecule has 7 heteroatoms. The van der Waals surface area contributed by atoms with Gasteiger partial charge in [0.1, 0.15) is 6.54 Å². The highest BCUT2D eigenvalue weighted by molar-refractivity contribution is 7.89. The van der Waals surface area contributed by atoms with Crippen LogP contribution in [0, 0.1) is 0 Å². The summed E-state index contributed by atoms with van der Waals surface area (Å²) in [4.78, 5) is 13.3. The van der Waals surface area contributed by atoms with Crippen LogP contribution in [0.25, 0.3) is 0 Å². The highest BCUT2D eigenvalue weighted by Gasteiger charge is 2.25. The Morgan fingerprint density at radius 3 is 2.69 bits per heavy atom. The van der Waals surface area contributed by atoms with Gasteiger partial charge >= 0.3 is 5.97 Å². The van der Waals surface area contributed by atoms with Gasteiger partial charge in [0.25, 0.3) is 0 Å². The van der Waals surface area contributed by atoms with E-state index in [2.05, 4.69) is 4.98 Å². The standard InChI is InChI=1S/C9H14N2O4S/c1-2-5-11(7-9(12)13)16(14,15)8-3-4-10-6-8/h3-4,6,10H,2,5,7H2,1H3,(H,12,13). The Bertz CT molecular complexity index is 438. The van der Waals surface area contributed by atoms with Crippen LogP contribution >= 0.6 is 0 Å². The van der Waals surface area contributed by atoms with Gasteiger partial charge in [-0.2, -0.15) is 4.31 Å².